The Bertz CT molecular complexity index is 510. The SMILES string of the molecule is CN1CCN(C)C(c2nc3c(c(=O)[nH]2)CCC3)C1. The van der Waals surface area contributed by atoms with Crippen LogP contribution >= 0.6 is 0 Å². The standard InChI is InChI=1S/C13H20N4O/c1-16-6-7-17(2)11(8-16)12-14-10-5-3-4-9(10)13(18)15-12/h11H,3-8H2,1-2H3,(H,14,15,18). The molecule has 18 heavy (non-hydrogen) atoms. The average Bonchev–Trinajstić information content (AvgIpc) is 2.81. The summed E-state index contributed by atoms with van der Waals surface area (Å²) in [7, 11) is 4.22. The van der Waals surface area contributed by atoms with Gasteiger partial charge in [-0.05, 0) is 33.4 Å². The van der Waals surface area contributed by atoms with E-state index < -0.39 is 0 Å². The summed E-state index contributed by atoms with van der Waals surface area (Å²) in [6.45, 7) is 3.02. The van der Waals surface area contributed by atoms with Gasteiger partial charge in [0.25, 0.3) is 5.56 Å². The quantitative estimate of drug-likeness (QED) is 0.770. The highest BCUT2D eigenvalue weighted by Crippen LogP contribution is 2.22. The molecule has 1 unspecified atom stereocenters. The van der Waals surface area contributed by atoms with Crippen LogP contribution in [-0.2, 0) is 12.8 Å². The van der Waals surface area contributed by atoms with E-state index in [-0.39, 0.29) is 11.6 Å². The van der Waals surface area contributed by atoms with Crippen molar-refractivity contribution in [3.05, 3.63) is 27.4 Å². The van der Waals surface area contributed by atoms with Gasteiger partial charge in [-0.3, -0.25) is 9.69 Å². The van der Waals surface area contributed by atoms with E-state index in [1.165, 1.54) is 0 Å². The van der Waals surface area contributed by atoms with E-state index in [2.05, 4.69) is 28.9 Å². The maximum Gasteiger partial charge on any atom is 0.254 e. The summed E-state index contributed by atoms with van der Waals surface area (Å²) in [4.78, 5) is 24.3. The molecule has 0 saturated carbocycles. The summed E-state index contributed by atoms with van der Waals surface area (Å²) in [5, 5.41) is 0. The van der Waals surface area contributed by atoms with Crippen LogP contribution in [0.4, 0.5) is 0 Å². The highest BCUT2D eigenvalue weighted by molar-refractivity contribution is 5.23. The van der Waals surface area contributed by atoms with Gasteiger partial charge in [-0.15, -0.1) is 0 Å². The van der Waals surface area contributed by atoms with Gasteiger partial charge in [0.05, 0.1) is 11.7 Å². The average molecular weight is 248 g/mol. The van der Waals surface area contributed by atoms with Crippen molar-refractivity contribution in [3.63, 3.8) is 0 Å². The van der Waals surface area contributed by atoms with Crippen molar-refractivity contribution in [3.8, 4) is 0 Å². The summed E-state index contributed by atoms with van der Waals surface area (Å²) in [6, 6.07) is 0.211. The zero-order valence-electron chi connectivity index (χ0n) is 11.1. The van der Waals surface area contributed by atoms with Gasteiger partial charge < -0.3 is 9.88 Å². The van der Waals surface area contributed by atoms with Crippen LogP contribution in [0.5, 0.6) is 0 Å². The Balaban J connectivity index is 1.96. The highest BCUT2D eigenvalue weighted by atomic mass is 16.1. The Morgan fingerprint density at radius 2 is 2.11 bits per heavy atom. The molecule has 0 bridgehead atoms. The molecule has 1 fully saturated rings. The van der Waals surface area contributed by atoms with E-state index in [4.69, 9.17) is 4.98 Å². The monoisotopic (exact) mass is 248 g/mol. The maximum absolute atomic E-state index is 12.0. The molecule has 3 rings (SSSR count). The fourth-order valence-electron chi connectivity index (χ4n) is 2.92. The van der Waals surface area contributed by atoms with Gasteiger partial charge in [0.15, 0.2) is 0 Å². The lowest BCUT2D eigenvalue weighted by atomic mass is 10.1. The van der Waals surface area contributed by atoms with Crippen molar-refractivity contribution in [2.75, 3.05) is 33.7 Å². The van der Waals surface area contributed by atoms with Crippen LogP contribution in [0.15, 0.2) is 4.79 Å². The lowest BCUT2D eigenvalue weighted by Gasteiger charge is -2.36. The van der Waals surface area contributed by atoms with E-state index in [0.29, 0.717) is 0 Å². The second-order valence-corrected chi connectivity index (χ2v) is 5.49. The summed E-state index contributed by atoms with van der Waals surface area (Å²) in [5.74, 6) is 0.842. The lowest BCUT2D eigenvalue weighted by Crippen LogP contribution is -2.45. The molecular weight excluding hydrogens is 228 g/mol. The Kier molecular flexibility index (Phi) is 2.95. The van der Waals surface area contributed by atoms with E-state index in [1.807, 2.05) is 0 Å². The molecule has 0 amide bonds. The fraction of sp³-hybridized carbons (Fsp3) is 0.692. The number of H-pyrrole nitrogens is 1. The fourth-order valence-corrected chi connectivity index (χ4v) is 2.92. The number of aromatic nitrogens is 2. The van der Waals surface area contributed by atoms with Gasteiger partial charge >= 0.3 is 0 Å². The first-order valence-electron chi connectivity index (χ1n) is 6.66. The molecule has 0 radical (unpaired) electrons. The second kappa shape index (κ2) is 4.48. The first-order valence-corrected chi connectivity index (χ1v) is 6.66. The van der Waals surface area contributed by atoms with Crippen molar-refractivity contribution in [1.82, 2.24) is 19.8 Å². The molecule has 0 aromatic carbocycles. The largest absolute Gasteiger partial charge is 0.309 e. The molecule has 0 spiro atoms. The van der Waals surface area contributed by atoms with Gasteiger partial charge in [-0.1, -0.05) is 0 Å². The van der Waals surface area contributed by atoms with Gasteiger partial charge in [0.2, 0.25) is 0 Å². The number of fused-ring (bicyclic) bond motifs is 1. The molecule has 1 aliphatic carbocycles. The van der Waals surface area contributed by atoms with Crippen molar-refractivity contribution < 1.29 is 0 Å². The number of nitrogens with one attached hydrogen (secondary N) is 1. The predicted molar refractivity (Wildman–Crippen MR) is 69.8 cm³/mol. The van der Waals surface area contributed by atoms with Crippen molar-refractivity contribution in [2.45, 2.75) is 25.3 Å². The van der Waals surface area contributed by atoms with E-state index in [9.17, 15) is 4.79 Å². The molecule has 1 aromatic heterocycles. The van der Waals surface area contributed by atoms with Crippen LogP contribution in [0, 0.1) is 0 Å². The number of likely N-dealkylation sites (N-methyl/N-ethyl adjacent to an activating group) is 2. The zero-order chi connectivity index (χ0) is 12.7. The lowest BCUT2D eigenvalue weighted by molar-refractivity contribution is 0.109. The number of rotatable bonds is 1. The molecule has 98 valence electrons. The summed E-state index contributed by atoms with van der Waals surface area (Å²) in [6.07, 6.45) is 2.91. The molecule has 5 heteroatoms. The van der Waals surface area contributed by atoms with Crippen molar-refractivity contribution in [2.24, 2.45) is 0 Å². The molecule has 2 aliphatic rings. The number of nitrogens with zero attached hydrogens (tertiary/aromatic N) is 3. The molecule has 1 atom stereocenters. The molecule has 2 heterocycles. The number of hydrogen-bond acceptors (Lipinski definition) is 4. The third-order valence-electron chi connectivity index (χ3n) is 4.13. The van der Waals surface area contributed by atoms with Crippen LogP contribution < -0.4 is 5.56 Å². The number of aryl methyl sites for hydroxylation is 1. The van der Waals surface area contributed by atoms with Crippen molar-refractivity contribution >= 4 is 0 Å². The maximum atomic E-state index is 12.0. The van der Waals surface area contributed by atoms with Crippen LogP contribution in [0.25, 0.3) is 0 Å². The topological polar surface area (TPSA) is 52.2 Å². The Morgan fingerprint density at radius 3 is 2.94 bits per heavy atom. The van der Waals surface area contributed by atoms with Gasteiger partial charge in [0, 0.05) is 25.2 Å². The molecule has 5 nitrogen and oxygen atoms in total. The van der Waals surface area contributed by atoms with E-state index in [0.717, 1.165) is 56.0 Å². The molecule has 1 aromatic rings. The normalized spacial score (nSPS) is 25.3. The number of aromatic amines is 1. The third-order valence-corrected chi connectivity index (χ3v) is 4.13. The third kappa shape index (κ3) is 1.97. The van der Waals surface area contributed by atoms with Crippen LogP contribution in [0.1, 0.15) is 29.5 Å². The van der Waals surface area contributed by atoms with Crippen LogP contribution in [0.2, 0.25) is 0 Å². The minimum Gasteiger partial charge on any atom is -0.309 e. The van der Waals surface area contributed by atoms with Crippen LogP contribution in [0.3, 0.4) is 0 Å². The first kappa shape index (κ1) is 11.9. The second-order valence-electron chi connectivity index (χ2n) is 5.49. The summed E-state index contributed by atoms with van der Waals surface area (Å²) in [5.41, 5.74) is 2.01. The number of hydrogen-bond donors (Lipinski definition) is 1. The van der Waals surface area contributed by atoms with Gasteiger partial charge in [-0.2, -0.15) is 0 Å². The Morgan fingerprint density at radius 1 is 1.28 bits per heavy atom. The number of piperazine rings is 1. The van der Waals surface area contributed by atoms with Crippen molar-refractivity contribution in [1.29, 1.82) is 0 Å². The molecular formula is C13H20N4O. The van der Waals surface area contributed by atoms with Crippen LogP contribution in [-0.4, -0.2) is 53.5 Å². The smallest absolute Gasteiger partial charge is 0.254 e. The predicted octanol–water partition coefficient (Wildman–Crippen LogP) is 0.177. The van der Waals surface area contributed by atoms with Gasteiger partial charge in [0.1, 0.15) is 5.82 Å². The van der Waals surface area contributed by atoms with E-state index >= 15 is 0 Å². The summed E-state index contributed by atoms with van der Waals surface area (Å²) < 4.78 is 0. The highest BCUT2D eigenvalue weighted by Gasteiger charge is 2.27. The molecule has 1 N–H and O–H groups in total. The minimum absolute atomic E-state index is 0.0779. The van der Waals surface area contributed by atoms with Gasteiger partial charge in [-0.25, -0.2) is 4.98 Å². The Hall–Kier alpha value is -1.20. The van der Waals surface area contributed by atoms with E-state index in [1.54, 1.807) is 0 Å². The molecule has 1 aliphatic heterocycles. The first-order chi connectivity index (χ1) is 8.65. The minimum atomic E-state index is 0.0779. The summed E-state index contributed by atoms with van der Waals surface area (Å²) >= 11 is 0. The zero-order valence-corrected chi connectivity index (χ0v) is 11.1. The molecule has 1 saturated heterocycles. The Labute approximate surface area is 107 Å².